The summed E-state index contributed by atoms with van der Waals surface area (Å²) in [7, 11) is 1.27. The number of amides is 1. The van der Waals surface area contributed by atoms with Gasteiger partial charge in [-0.1, -0.05) is 38.1 Å². The Balaban J connectivity index is 2.58. The number of benzene rings is 1. The van der Waals surface area contributed by atoms with Crippen molar-refractivity contribution in [3.05, 3.63) is 35.4 Å². The van der Waals surface area contributed by atoms with Gasteiger partial charge in [-0.15, -0.1) is 0 Å². The predicted octanol–water partition coefficient (Wildman–Crippen LogP) is 1.29. The van der Waals surface area contributed by atoms with Crippen LogP contribution in [0.3, 0.4) is 0 Å². The van der Waals surface area contributed by atoms with Crippen molar-refractivity contribution in [2.45, 2.75) is 26.7 Å². The molecule has 1 N–H and O–H groups in total. The largest absolute Gasteiger partial charge is 0.468 e. The second kappa shape index (κ2) is 8.19. The van der Waals surface area contributed by atoms with E-state index in [4.69, 9.17) is 0 Å². The molecule has 0 saturated heterocycles. The number of Topliss-reactive ketones (excluding diaryl/α,β-unsaturated/α-hetero) is 1. The van der Waals surface area contributed by atoms with E-state index >= 15 is 0 Å². The molecule has 5 nitrogen and oxygen atoms in total. The molecule has 0 aromatic heterocycles. The number of methoxy groups -OCH3 is 1. The third-order valence-electron chi connectivity index (χ3n) is 3.04. The van der Waals surface area contributed by atoms with Gasteiger partial charge in [-0.05, 0) is 11.1 Å². The average molecular weight is 291 g/mol. The minimum Gasteiger partial charge on any atom is -0.468 e. The maximum atomic E-state index is 11.7. The van der Waals surface area contributed by atoms with E-state index < -0.39 is 5.97 Å². The summed E-state index contributed by atoms with van der Waals surface area (Å²) in [6.07, 6.45) is 0.538. The van der Waals surface area contributed by atoms with Gasteiger partial charge in [0.25, 0.3) is 0 Å². The van der Waals surface area contributed by atoms with Crippen LogP contribution in [0.1, 0.15) is 25.0 Å². The summed E-state index contributed by atoms with van der Waals surface area (Å²) < 4.78 is 4.44. The van der Waals surface area contributed by atoms with E-state index in [1.54, 1.807) is 0 Å². The maximum Gasteiger partial charge on any atom is 0.325 e. The maximum absolute atomic E-state index is 11.7. The van der Waals surface area contributed by atoms with Crippen molar-refractivity contribution in [1.29, 1.82) is 0 Å². The van der Waals surface area contributed by atoms with Crippen molar-refractivity contribution >= 4 is 17.7 Å². The second-order valence-electron chi connectivity index (χ2n) is 5.15. The van der Waals surface area contributed by atoms with Crippen LogP contribution in [0.2, 0.25) is 0 Å². The van der Waals surface area contributed by atoms with E-state index in [1.807, 2.05) is 38.1 Å². The number of hydrogen-bond acceptors (Lipinski definition) is 4. The normalized spacial score (nSPS) is 10.3. The first kappa shape index (κ1) is 16.9. The topological polar surface area (TPSA) is 72.5 Å². The zero-order valence-corrected chi connectivity index (χ0v) is 12.6. The molecule has 0 unspecified atom stereocenters. The summed E-state index contributed by atoms with van der Waals surface area (Å²) >= 11 is 0. The standard InChI is InChI=1S/C16H21NO4/c1-11(2)14(18)8-12-5-4-6-13(7-12)9-15(19)17-10-16(20)21-3/h4-7,11H,8-10H2,1-3H3,(H,17,19). The van der Waals surface area contributed by atoms with Crippen LogP contribution in [-0.2, 0) is 32.0 Å². The van der Waals surface area contributed by atoms with Crippen LogP contribution in [0, 0.1) is 5.92 Å². The number of carbonyl (C=O) groups excluding carboxylic acids is 3. The van der Waals surface area contributed by atoms with Gasteiger partial charge in [-0.25, -0.2) is 0 Å². The van der Waals surface area contributed by atoms with Crippen LogP contribution in [-0.4, -0.2) is 31.3 Å². The molecule has 0 spiro atoms. The number of ketones is 1. The summed E-state index contributed by atoms with van der Waals surface area (Å²) in [5.41, 5.74) is 1.71. The van der Waals surface area contributed by atoms with E-state index in [0.29, 0.717) is 6.42 Å². The van der Waals surface area contributed by atoms with Crippen molar-refractivity contribution < 1.29 is 19.1 Å². The van der Waals surface area contributed by atoms with Crippen LogP contribution in [0.5, 0.6) is 0 Å². The lowest BCUT2D eigenvalue weighted by Crippen LogP contribution is -2.31. The molecule has 0 heterocycles. The van der Waals surface area contributed by atoms with Crippen molar-refractivity contribution in [2.75, 3.05) is 13.7 Å². The van der Waals surface area contributed by atoms with Gasteiger partial charge in [-0.2, -0.15) is 0 Å². The Morgan fingerprint density at radius 1 is 1.14 bits per heavy atom. The van der Waals surface area contributed by atoms with Crippen LogP contribution in [0.25, 0.3) is 0 Å². The highest BCUT2D eigenvalue weighted by Gasteiger charge is 2.10. The van der Waals surface area contributed by atoms with Crippen molar-refractivity contribution in [3.63, 3.8) is 0 Å². The van der Waals surface area contributed by atoms with Crippen molar-refractivity contribution in [2.24, 2.45) is 5.92 Å². The SMILES string of the molecule is COC(=O)CNC(=O)Cc1cccc(CC(=O)C(C)C)c1. The number of carbonyl (C=O) groups is 3. The zero-order valence-electron chi connectivity index (χ0n) is 12.6. The van der Waals surface area contributed by atoms with Gasteiger partial charge >= 0.3 is 5.97 Å². The Kier molecular flexibility index (Phi) is 6.59. The Labute approximate surface area is 124 Å². The molecule has 0 fully saturated rings. The fourth-order valence-corrected chi connectivity index (χ4v) is 1.75. The Morgan fingerprint density at radius 2 is 1.76 bits per heavy atom. The number of ether oxygens (including phenoxy) is 1. The summed E-state index contributed by atoms with van der Waals surface area (Å²) in [5.74, 6) is -0.577. The molecule has 0 radical (unpaired) electrons. The molecule has 0 saturated carbocycles. The number of hydrogen-bond donors (Lipinski definition) is 1. The number of rotatable bonds is 7. The van der Waals surface area contributed by atoms with Gasteiger partial charge in [-0.3, -0.25) is 14.4 Å². The highest BCUT2D eigenvalue weighted by Crippen LogP contribution is 2.09. The highest BCUT2D eigenvalue weighted by molar-refractivity contribution is 5.84. The molecule has 0 aliphatic carbocycles. The van der Waals surface area contributed by atoms with Crippen LogP contribution < -0.4 is 5.32 Å². The van der Waals surface area contributed by atoms with E-state index in [9.17, 15) is 14.4 Å². The second-order valence-corrected chi connectivity index (χ2v) is 5.15. The van der Waals surface area contributed by atoms with Crippen LogP contribution in [0.15, 0.2) is 24.3 Å². The predicted molar refractivity (Wildman–Crippen MR) is 78.7 cm³/mol. The molecular formula is C16H21NO4. The molecule has 0 aliphatic rings. The molecule has 1 rings (SSSR count). The molecule has 0 bridgehead atoms. The Bertz CT molecular complexity index is 523. The van der Waals surface area contributed by atoms with Crippen LogP contribution >= 0.6 is 0 Å². The van der Waals surface area contributed by atoms with Gasteiger partial charge in [0.05, 0.1) is 13.5 Å². The first-order chi connectivity index (χ1) is 9.92. The van der Waals surface area contributed by atoms with Gasteiger partial charge in [0.15, 0.2) is 0 Å². The fraction of sp³-hybridized carbons (Fsp3) is 0.438. The molecule has 114 valence electrons. The summed E-state index contributed by atoms with van der Waals surface area (Å²) in [4.78, 5) is 34.3. The molecule has 0 atom stereocenters. The molecule has 1 aromatic rings. The van der Waals surface area contributed by atoms with E-state index in [1.165, 1.54) is 7.11 Å². The zero-order chi connectivity index (χ0) is 15.8. The average Bonchev–Trinajstić information content (AvgIpc) is 2.44. The van der Waals surface area contributed by atoms with Gasteiger partial charge in [0.2, 0.25) is 5.91 Å². The monoisotopic (exact) mass is 291 g/mol. The lowest BCUT2D eigenvalue weighted by molar-refractivity contribution is -0.141. The van der Waals surface area contributed by atoms with Gasteiger partial charge in [0, 0.05) is 12.3 Å². The van der Waals surface area contributed by atoms with Crippen molar-refractivity contribution in [1.82, 2.24) is 5.32 Å². The summed E-state index contributed by atoms with van der Waals surface area (Å²) in [5, 5.41) is 2.48. The van der Waals surface area contributed by atoms with Gasteiger partial charge in [0.1, 0.15) is 12.3 Å². The smallest absolute Gasteiger partial charge is 0.325 e. The number of esters is 1. The minimum absolute atomic E-state index is 0.00277. The first-order valence-electron chi connectivity index (χ1n) is 6.86. The third-order valence-corrected chi connectivity index (χ3v) is 3.04. The third kappa shape index (κ3) is 6.21. The minimum atomic E-state index is -0.486. The van der Waals surface area contributed by atoms with E-state index in [0.717, 1.165) is 11.1 Å². The molecule has 1 aromatic carbocycles. The van der Waals surface area contributed by atoms with Crippen molar-refractivity contribution in [3.8, 4) is 0 Å². The summed E-state index contributed by atoms with van der Waals surface area (Å²) in [6.45, 7) is 3.60. The van der Waals surface area contributed by atoms with E-state index in [2.05, 4.69) is 10.1 Å². The fourth-order valence-electron chi connectivity index (χ4n) is 1.75. The molecule has 21 heavy (non-hydrogen) atoms. The summed E-state index contributed by atoms with van der Waals surface area (Å²) in [6, 6.07) is 7.36. The van der Waals surface area contributed by atoms with Gasteiger partial charge < -0.3 is 10.1 Å². The van der Waals surface area contributed by atoms with Crippen LogP contribution in [0.4, 0.5) is 0 Å². The Morgan fingerprint density at radius 3 is 2.33 bits per heavy atom. The quantitative estimate of drug-likeness (QED) is 0.768. The molecule has 1 amide bonds. The lowest BCUT2D eigenvalue weighted by Gasteiger charge is -2.07. The lowest BCUT2D eigenvalue weighted by atomic mass is 9.99. The molecule has 5 heteroatoms. The molecular weight excluding hydrogens is 270 g/mol. The molecule has 0 aliphatic heterocycles. The highest BCUT2D eigenvalue weighted by atomic mass is 16.5. The Hall–Kier alpha value is -2.17. The first-order valence-corrected chi connectivity index (χ1v) is 6.86. The van der Waals surface area contributed by atoms with E-state index in [-0.39, 0.29) is 30.6 Å². The number of nitrogens with one attached hydrogen (secondary N) is 1.